The van der Waals surface area contributed by atoms with E-state index in [1.165, 1.54) is 16.4 Å². The van der Waals surface area contributed by atoms with Gasteiger partial charge in [0.25, 0.3) is 10.2 Å². The number of carbonyl (C=O) groups is 1. The van der Waals surface area contributed by atoms with Crippen LogP contribution in [0.4, 0.5) is 10.1 Å². The lowest BCUT2D eigenvalue weighted by Gasteiger charge is -2.19. The van der Waals surface area contributed by atoms with Gasteiger partial charge in [0.1, 0.15) is 5.82 Å². The molecule has 2 aromatic carbocycles. The van der Waals surface area contributed by atoms with E-state index in [-0.39, 0.29) is 31.2 Å². The van der Waals surface area contributed by atoms with E-state index in [2.05, 4.69) is 5.32 Å². The number of hydrogen-bond acceptors (Lipinski definition) is 3. The van der Waals surface area contributed by atoms with Crippen molar-refractivity contribution in [2.24, 2.45) is 0 Å². The summed E-state index contributed by atoms with van der Waals surface area (Å²) in [5.41, 5.74) is 2.11. The van der Waals surface area contributed by atoms with Gasteiger partial charge in [0.2, 0.25) is 5.91 Å². The summed E-state index contributed by atoms with van der Waals surface area (Å²) in [7, 11) is -3.80. The average Bonchev–Trinajstić information content (AvgIpc) is 2.84. The zero-order valence-electron chi connectivity index (χ0n) is 14.7. The number of halogens is 2. The molecule has 0 unspecified atom stereocenters. The minimum atomic E-state index is -3.80. The van der Waals surface area contributed by atoms with Crippen molar-refractivity contribution in [3.8, 4) is 0 Å². The van der Waals surface area contributed by atoms with Crippen LogP contribution in [-0.2, 0) is 21.5 Å². The monoisotopic (exact) mass is 411 g/mol. The standard InChI is InChI=1S/C18H19ClFN3O3S/c1-13-3-2-4-16(9-13)21-18(24)12-23-8-7-22(27(23,25)26)11-14-5-6-15(20)10-17(14)19/h2-6,9-10H,7-8,11-12H2,1H3,(H,21,24). The van der Waals surface area contributed by atoms with Crippen molar-refractivity contribution in [3.05, 3.63) is 64.4 Å². The fourth-order valence-electron chi connectivity index (χ4n) is 2.86. The number of anilines is 1. The summed E-state index contributed by atoms with van der Waals surface area (Å²) in [5.74, 6) is -0.895. The number of rotatable bonds is 5. The first kappa shape index (κ1) is 19.8. The lowest BCUT2D eigenvalue weighted by Crippen LogP contribution is -2.37. The second kappa shape index (κ2) is 7.93. The highest BCUT2D eigenvalue weighted by molar-refractivity contribution is 7.87. The Morgan fingerprint density at radius 2 is 1.93 bits per heavy atom. The number of aryl methyl sites for hydroxylation is 1. The lowest BCUT2D eigenvalue weighted by molar-refractivity contribution is -0.116. The first-order valence-corrected chi connectivity index (χ1v) is 10.1. The molecule has 1 heterocycles. The van der Waals surface area contributed by atoms with Crippen LogP contribution in [0.25, 0.3) is 0 Å². The van der Waals surface area contributed by atoms with Crippen LogP contribution in [-0.4, -0.2) is 42.6 Å². The maximum Gasteiger partial charge on any atom is 0.282 e. The van der Waals surface area contributed by atoms with Crippen LogP contribution in [0, 0.1) is 12.7 Å². The molecule has 1 fully saturated rings. The summed E-state index contributed by atoms with van der Waals surface area (Å²) >= 11 is 5.99. The zero-order chi connectivity index (χ0) is 19.6. The summed E-state index contributed by atoms with van der Waals surface area (Å²) in [6.07, 6.45) is 0. The molecule has 0 aliphatic carbocycles. The van der Waals surface area contributed by atoms with Gasteiger partial charge in [-0.3, -0.25) is 4.79 Å². The van der Waals surface area contributed by atoms with Crippen molar-refractivity contribution in [1.29, 1.82) is 0 Å². The van der Waals surface area contributed by atoms with E-state index in [0.29, 0.717) is 11.3 Å². The van der Waals surface area contributed by atoms with Gasteiger partial charge in [-0.25, -0.2) is 4.39 Å². The maximum atomic E-state index is 13.2. The molecule has 0 aromatic heterocycles. The molecule has 6 nitrogen and oxygen atoms in total. The van der Waals surface area contributed by atoms with E-state index in [0.717, 1.165) is 15.9 Å². The molecule has 1 aliphatic rings. The van der Waals surface area contributed by atoms with E-state index >= 15 is 0 Å². The molecule has 1 aliphatic heterocycles. The molecule has 27 heavy (non-hydrogen) atoms. The van der Waals surface area contributed by atoms with Gasteiger partial charge in [0.05, 0.1) is 6.54 Å². The molecule has 1 amide bonds. The summed E-state index contributed by atoms with van der Waals surface area (Å²) < 4.78 is 40.8. The molecule has 9 heteroatoms. The van der Waals surface area contributed by atoms with Gasteiger partial charge in [0, 0.05) is 30.3 Å². The summed E-state index contributed by atoms with van der Waals surface area (Å²) in [5, 5.41) is 2.87. The van der Waals surface area contributed by atoms with Gasteiger partial charge in [-0.1, -0.05) is 29.8 Å². The first-order chi connectivity index (χ1) is 12.8. The van der Waals surface area contributed by atoms with E-state index in [9.17, 15) is 17.6 Å². The predicted molar refractivity (Wildman–Crippen MR) is 102 cm³/mol. The minimum Gasteiger partial charge on any atom is -0.325 e. The van der Waals surface area contributed by atoms with Crippen molar-refractivity contribution in [1.82, 2.24) is 8.61 Å². The number of nitrogens with one attached hydrogen (secondary N) is 1. The Morgan fingerprint density at radius 3 is 2.63 bits per heavy atom. The van der Waals surface area contributed by atoms with Gasteiger partial charge < -0.3 is 5.32 Å². The third-order valence-electron chi connectivity index (χ3n) is 4.23. The predicted octanol–water partition coefficient (Wildman–Crippen LogP) is 2.79. The van der Waals surface area contributed by atoms with Crippen molar-refractivity contribution in [2.75, 3.05) is 25.0 Å². The topological polar surface area (TPSA) is 69.7 Å². The fourth-order valence-corrected chi connectivity index (χ4v) is 4.62. The Bertz CT molecular complexity index is 968. The van der Waals surface area contributed by atoms with Crippen LogP contribution in [0.15, 0.2) is 42.5 Å². The third kappa shape index (κ3) is 4.65. The molecular weight excluding hydrogens is 393 g/mol. The van der Waals surface area contributed by atoms with Crippen molar-refractivity contribution < 1.29 is 17.6 Å². The van der Waals surface area contributed by atoms with E-state index in [1.807, 2.05) is 19.1 Å². The highest BCUT2D eigenvalue weighted by Crippen LogP contribution is 2.24. The molecule has 0 bridgehead atoms. The van der Waals surface area contributed by atoms with Crippen molar-refractivity contribution in [3.63, 3.8) is 0 Å². The Hall–Kier alpha value is -2.00. The van der Waals surface area contributed by atoms with Crippen LogP contribution in [0.1, 0.15) is 11.1 Å². The van der Waals surface area contributed by atoms with Gasteiger partial charge in [0.15, 0.2) is 0 Å². The smallest absolute Gasteiger partial charge is 0.282 e. The number of benzene rings is 2. The number of amides is 1. The van der Waals surface area contributed by atoms with Gasteiger partial charge in [-0.2, -0.15) is 17.0 Å². The van der Waals surface area contributed by atoms with Crippen LogP contribution >= 0.6 is 11.6 Å². The highest BCUT2D eigenvalue weighted by Gasteiger charge is 2.37. The van der Waals surface area contributed by atoms with Crippen molar-refractivity contribution in [2.45, 2.75) is 13.5 Å². The largest absolute Gasteiger partial charge is 0.325 e. The zero-order valence-corrected chi connectivity index (χ0v) is 16.2. The normalized spacial score (nSPS) is 17.1. The average molecular weight is 412 g/mol. The van der Waals surface area contributed by atoms with Gasteiger partial charge in [-0.15, -0.1) is 0 Å². The molecule has 0 radical (unpaired) electrons. The molecule has 1 saturated heterocycles. The molecule has 1 N–H and O–H groups in total. The molecule has 3 rings (SSSR count). The Morgan fingerprint density at radius 1 is 1.19 bits per heavy atom. The van der Waals surface area contributed by atoms with Crippen molar-refractivity contribution >= 4 is 33.4 Å². The van der Waals surface area contributed by atoms with Crippen LogP contribution in [0.2, 0.25) is 5.02 Å². The Balaban J connectivity index is 1.65. The van der Waals surface area contributed by atoms with Gasteiger partial charge >= 0.3 is 0 Å². The quantitative estimate of drug-likeness (QED) is 0.822. The fraction of sp³-hybridized carbons (Fsp3) is 0.278. The van der Waals surface area contributed by atoms with E-state index in [1.54, 1.807) is 12.1 Å². The Labute approximate surface area is 162 Å². The SMILES string of the molecule is Cc1cccc(NC(=O)CN2CCN(Cc3ccc(F)cc3Cl)S2(=O)=O)c1. The second-order valence-corrected chi connectivity index (χ2v) is 8.66. The molecule has 144 valence electrons. The first-order valence-electron chi connectivity index (χ1n) is 8.31. The third-order valence-corrected chi connectivity index (χ3v) is 6.52. The molecule has 0 spiro atoms. The summed E-state index contributed by atoms with van der Waals surface area (Å²) in [6, 6.07) is 11.1. The highest BCUT2D eigenvalue weighted by atomic mass is 35.5. The molecule has 0 saturated carbocycles. The van der Waals surface area contributed by atoms with E-state index < -0.39 is 21.9 Å². The molecule has 0 atom stereocenters. The van der Waals surface area contributed by atoms with Crippen LogP contribution in [0.5, 0.6) is 0 Å². The number of nitrogens with zero attached hydrogens (tertiary/aromatic N) is 2. The van der Waals surface area contributed by atoms with Crippen LogP contribution in [0.3, 0.4) is 0 Å². The summed E-state index contributed by atoms with van der Waals surface area (Å²) in [6.45, 7) is 2.08. The Kier molecular flexibility index (Phi) is 5.81. The maximum absolute atomic E-state index is 13.2. The molecule has 2 aromatic rings. The number of carbonyl (C=O) groups excluding carboxylic acids is 1. The van der Waals surface area contributed by atoms with E-state index in [4.69, 9.17) is 11.6 Å². The summed E-state index contributed by atoms with van der Waals surface area (Å²) in [4.78, 5) is 12.2. The second-order valence-electron chi connectivity index (χ2n) is 6.33. The minimum absolute atomic E-state index is 0.0252. The van der Waals surface area contributed by atoms with Crippen LogP contribution < -0.4 is 5.32 Å². The van der Waals surface area contributed by atoms with Gasteiger partial charge in [-0.05, 0) is 42.3 Å². The molecular formula is C18H19ClFN3O3S. The lowest BCUT2D eigenvalue weighted by atomic mass is 10.2. The number of hydrogen-bond donors (Lipinski definition) is 1.